The van der Waals surface area contributed by atoms with E-state index in [1.165, 1.54) is 17.2 Å². The molecule has 2 heterocycles. The molecule has 4 aromatic rings. The van der Waals surface area contributed by atoms with Crippen molar-refractivity contribution in [3.63, 3.8) is 0 Å². The molecule has 2 saturated heterocycles. The van der Waals surface area contributed by atoms with Gasteiger partial charge in [0.05, 0.1) is 16.9 Å². The van der Waals surface area contributed by atoms with Crippen molar-refractivity contribution in [2.75, 3.05) is 31.5 Å². The summed E-state index contributed by atoms with van der Waals surface area (Å²) in [4.78, 5) is 27.5. The highest BCUT2D eigenvalue weighted by Crippen LogP contribution is 2.46. The Morgan fingerprint density at radius 2 is 1.23 bits per heavy atom. The summed E-state index contributed by atoms with van der Waals surface area (Å²) in [6, 6.07) is 34.3. The number of urea groups is 1. The number of benzene rings is 4. The first-order valence-electron chi connectivity index (χ1n) is 18.0. The Morgan fingerprint density at radius 3 is 1.73 bits per heavy atom. The van der Waals surface area contributed by atoms with Crippen LogP contribution < -0.4 is 10.6 Å². The molecular formula is C42H46Cl2N4O4. The molecule has 4 fully saturated rings. The van der Waals surface area contributed by atoms with E-state index in [0.29, 0.717) is 64.6 Å². The number of hydrogen-bond donors (Lipinski definition) is 4. The van der Waals surface area contributed by atoms with Crippen molar-refractivity contribution in [3.05, 3.63) is 130 Å². The van der Waals surface area contributed by atoms with E-state index in [1.807, 2.05) is 41.3 Å². The molecule has 8 nitrogen and oxygen atoms in total. The number of carbonyl (C=O) groups is 1. The van der Waals surface area contributed by atoms with E-state index in [4.69, 9.17) is 23.2 Å². The van der Waals surface area contributed by atoms with Crippen LogP contribution in [0.25, 0.3) is 0 Å². The minimum absolute atomic E-state index is 0.0896. The number of anilines is 1. The first-order valence-corrected chi connectivity index (χ1v) is 18.7. The zero-order valence-electron chi connectivity index (χ0n) is 29.1. The first kappa shape index (κ1) is 37.7. The molecule has 4 N–H and O–H groups in total. The Balaban J connectivity index is 0.000000151. The molecule has 272 valence electrons. The monoisotopic (exact) mass is 740 g/mol. The second-order valence-electron chi connectivity index (χ2n) is 14.8. The minimum Gasteiger partial charge on any atom is -0.390 e. The largest absolute Gasteiger partial charge is 0.390 e. The number of fused-ring (bicyclic) bond motifs is 2. The van der Waals surface area contributed by atoms with Gasteiger partial charge in [-0.25, -0.2) is 9.59 Å². The van der Waals surface area contributed by atoms with Gasteiger partial charge in [-0.3, -0.25) is 0 Å². The van der Waals surface area contributed by atoms with Crippen molar-refractivity contribution in [2.45, 2.75) is 49.7 Å². The van der Waals surface area contributed by atoms with Crippen molar-refractivity contribution in [3.8, 4) is 0 Å². The summed E-state index contributed by atoms with van der Waals surface area (Å²) in [5.41, 5.74) is 2.58. The van der Waals surface area contributed by atoms with Gasteiger partial charge in [0.25, 0.3) is 0 Å². The van der Waals surface area contributed by atoms with Crippen LogP contribution in [0.4, 0.5) is 16.2 Å². The average Bonchev–Trinajstić information content (AvgIpc) is 3.86. The summed E-state index contributed by atoms with van der Waals surface area (Å²) in [6.07, 6.45) is 6.40. The normalized spacial score (nSPS) is 26.9. The molecule has 0 bridgehead atoms. The fraction of sp³-hybridized carbons (Fsp3) is 0.381. The Hall–Kier alpha value is -4.01. The Bertz CT molecular complexity index is 1810. The summed E-state index contributed by atoms with van der Waals surface area (Å²) < 4.78 is 0. The summed E-state index contributed by atoms with van der Waals surface area (Å²) in [6.45, 7) is 3.60. The molecule has 6 atom stereocenters. The van der Waals surface area contributed by atoms with Gasteiger partial charge >= 0.3 is 6.03 Å². The molecule has 2 saturated carbocycles. The molecule has 2 aliphatic heterocycles. The topological polar surface area (TPSA) is 114 Å². The predicted octanol–water partition coefficient (Wildman–Crippen LogP) is 8.08. The number of hydrogen-bond acceptors (Lipinski definition) is 6. The lowest BCUT2D eigenvalue weighted by atomic mass is 9.91. The van der Waals surface area contributed by atoms with Crippen molar-refractivity contribution in [2.24, 2.45) is 28.7 Å². The highest BCUT2D eigenvalue weighted by molar-refractivity contribution is 6.31. The highest BCUT2D eigenvalue weighted by Gasteiger charge is 2.49. The zero-order chi connectivity index (χ0) is 36.6. The number of nitrogens with one attached hydrogen (secondary N) is 2. The van der Waals surface area contributed by atoms with Gasteiger partial charge in [0, 0.05) is 41.7 Å². The molecule has 0 radical (unpaired) electrons. The van der Waals surface area contributed by atoms with Crippen LogP contribution in [0.1, 0.15) is 36.8 Å². The van der Waals surface area contributed by atoms with Crippen LogP contribution in [0.5, 0.6) is 0 Å². The lowest BCUT2D eigenvalue weighted by Gasteiger charge is -2.26. The fourth-order valence-corrected chi connectivity index (χ4v) is 8.93. The molecule has 8 rings (SSSR count). The van der Waals surface area contributed by atoms with Crippen LogP contribution in [-0.2, 0) is 17.6 Å². The Labute approximate surface area is 315 Å². The molecule has 4 aromatic carbocycles. The summed E-state index contributed by atoms with van der Waals surface area (Å²) >= 11 is 11.6. The molecule has 2 amide bonds. The third-order valence-electron chi connectivity index (χ3n) is 10.7. The van der Waals surface area contributed by atoms with Gasteiger partial charge in [0.2, 0.25) is 6.08 Å². The number of aliphatic hydroxyl groups is 2. The average molecular weight is 742 g/mol. The van der Waals surface area contributed by atoms with Gasteiger partial charge in [-0.1, -0.05) is 96.0 Å². The van der Waals surface area contributed by atoms with E-state index >= 15 is 0 Å². The second kappa shape index (κ2) is 17.2. The van der Waals surface area contributed by atoms with E-state index in [1.54, 1.807) is 36.4 Å². The minimum atomic E-state index is -0.647. The zero-order valence-corrected chi connectivity index (χ0v) is 30.6. The molecule has 0 aromatic heterocycles. The Morgan fingerprint density at radius 1 is 0.731 bits per heavy atom. The number of carbonyl (C=O) groups excluding carboxylic acids is 2. The van der Waals surface area contributed by atoms with Gasteiger partial charge in [-0.05, 0) is 110 Å². The molecule has 0 spiro atoms. The quantitative estimate of drug-likeness (QED) is 0.118. The van der Waals surface area contributed by atoms with Crippen molar-refractivity contribution >= 4 is 46.7 Å². The fourth-order valence-electron chi connectivity index (χ4n) is 8.56. The summed E-state index contributed by atoms with van der Waals surface area (Å²) in [5, 5.41) is 29.1. The van der Waals surface area contributed by atoms with E-state index < -0.39 is 11.2 Å². The van der Waals surface area contributed by atoms with Crippen molar-refractivity contribution in [1.29, 1.82) is 0 Å². The molecule has 4 aliphatic rings. The van der Waals surface area contributed by atoms with Gasteiger partial charge in [-0.2, -0.15) is 4.99 Å². The third kappa shape index (κ3) is 10.3. The van der Waals surface area contributed by atoms with Crippen molar-refractivity contribution in [1.82, 2.24) is 10.2 Å². The van der Waals surface area contributed by atoms with Gasteiger partial charge in [-0.15, -0.1) is 0 Å². The molecular weight excluding hydrogens is 695 g/mol. The maximum Gasteiger partial charge on any atom is 0.321 e. The highest BCUT2D eigenvalue weighted by atomic mass is 35.5. The molecule has 2 unspecified atom stereocenters. The number of halogens is 2. The van der Waals surface area contributed by atoms with Crippen LogP contribution in [0.2, 0.25) is 10.0 Å². The van der Waals surface area contributed by atoms with Crippen LogP contribution in [-0.4, -0.2) is 64.6 Å². The Kier molecular flexibility index (Phi) is 12.5. The number of rotatable bonds is 6. The predicted molar refractivity (Wildman–Crippen MR) is 207 cm³/mol. The molecule has 2 aliphatic carbocycles. The number of isocyanates is 1. The first-order chi connectivity index (χ1) is 25.1. The molecule has 10 heteroatoms. The smallest absolute Gasteiger partial charge is 0.321 e. The van der Waals surface area contributed by atoms with E-state index in [0.717, 1.165) is 45.2 Å². The number of aliphatic imine (C=N–C) groups is 1. The standard InChI is InChI=1S/C21H23ClN2O2.C14H19NO.C7H4ClNO/c22-18-7-4-8-19(9-18)23-20(25)24-13-16-11-21(26,12-17(16)14-24)10-15-5-2-1-3-6-15;16-14(6-11-4-2-1-3-5-11)7-12-9-15-10-13(12)8-14;8-6-2-1-3-7(4-6)9-5-10/h1-9,16-17,26H,10-14H2,(H,23,25);1-5,12-13,15-16H,6-10H2;1-4H/t16-,17+,21?;12-,13+,14?;. The van der Waals surface area contributed by atoms with Crippen LogP contribution >= 0.6 is 23.2 Å². The number of likely N-dealkylation sites (tertiary alicyclic amines) is 1. The summed E-state index contributed by atoms with van der Waals surface area (Å²) in [5.74, 6) is 2.14. The van der Waals surface area contributed by atoms with Crippen LogP contribution in [0.3, 0.4) is 0 Å². The van der Waals surface area contributed by atoms with E-state index in [2.05, 4.69) is 52.0 Å². The second-order valence-corrected chi connectivity index (χ2v) is 15.7. The van der Waals surface area contributed by atoms with Crippen LogP contribution in [0.15, 0.2) is 114 Å². The lowest BCUT2D eigenvalue weighted by molar-refractivity contribution is 0.0368. The van der Waals surface area contributed by atoms with Gasteiger partial charge < -0.3 is 25.7 Å². The SMILES string of the molecule is O=C(Nc1cccc(Cl)c1)N1C[C@@H]2CC(O)(Cc3ccccc3)C[C@@H]2C1.O=C=Nc1cccc(Cl)c1.OC1(Cc2ccccc2)C[C@H]2CNC[C@H]2C1. The lowest BCUT2D eigenvalue weighted by Crippen LogP contribution is -2.36. The number of amides is 2. The maximum atomic E-state index is 12.5. The third-order valence-corrected chi connectivity index (χ3v) is 11.2. The van der Waals surface area contributed by atoms with E-state index in [-0.39, 0.29) is 6.03 Å². The maximum absolute atomic E-state index is 12.5. The van der Waals surface area contributed by atoms with Gasteiger partial charge in [0.1, 0.15) is 0 Å². The van der Waals surface area contributed by atoms with E-state index in [9.17, 15) is 19.8 Å². The molecule has 52 heavy (non-hydrogen) atoms. The summed E-state index contributed by atoms with van der Waals surface area (Å²) in [7, 11) is 0. The number of nitrogens with zero attached hydrogens (tertiary/aromatic N) is 2. The van der Waals surface area contributed by atoms with Gasteiger partial charge in [0.15, 0.2) is 0 Å². The van der Waals surface area contributed by atoms with Crippen LogP contribution in [0, 0.1) is 23.7 Å². The van der Waals surface area contributed by atoms with Crippen molar-refractivity contribution < 1.29 is 19.8 Å².